The largest absolute Gasteiger partial charge is 0.497 e. The van der Waals surface area contributed by atoms with Crippen LogP contribution in [0.1, 0.15) is 103 Å². The summed E-state index contributed by atoms with van der Waals surface area (Å²) in [7, 11) is 1.52. The Labute approximate surface area is 277 Å². The van der Waals surface area contributed by atoms with Crippen LogP contribution in [0.4, 0.5) is 11.4 Å². The van der Waals surface area contributed by atoms with E-state index in [1.54, 1.807) is 42.5 Å². The van der Waals surface area contributed by atoms with Crippen molar-refractivity contribution in [3.8, 4) is 5.75 Å². The molecule has 8 nitrogen and oxygen atoms in total. The Morgan fingerprint density at radius 2 is 1.46 bits per heavy atom. The van der Waals surface area contributed by atoms with Gasteiger partial charge in [0.15, 0.2) is 11.8 Å². The molecule has 246 valence electrons. The number of unbranched alkanes of at least 4 members (excludes halogenated alkanes) is 9. The molecule has 0 fully saturated rings. The van der Waals surface area contributed by atoms with E-state index >= 15 is 0 Å². The molecule has 0 aliphatic carbocycles. The highest BCUT2D eigenvalue weighted by Gasteiger charge is 2.29. The predicted molar refractivity (Wildman–Crippen MR) is 186 cm³/mol. The SMILES string of the molecule is CCCCCCCCCCCCOC(=O)c1ccc(Cl)c(NC(=O)C(Nc2cc(C)ccc2C=N)C(=O)c2ccc(OC)cc2)c1. The third-order valence-corrected chi connectivity index (χ3v) is 8.08. The summed E-state index contributed by atoms with van der Waals surface area (Å²) < 4.78 is 10.7. The molecule has 0 saturated carbocycles. The maximum absolute atomic E-state index is 13.7. The Morgan fingerprint density at radius 1 is 0.826 bits per heavy atom. The van der Waals surface area contributed by atoms with Gasteiger partial charge in [-0.2, -0.15) is 0 Å². The second-order valence-electron chi connectivity index (χ2n) is 11.4. The number of Topliss-reactive ketones (excluding diaryl/α,β-unsaturated/α-hetero) is 1. The lowest BCUT2D eigenvalue weighted by molar-refractivity contribution is -0.116. The lowest BCUT2D eigenvalue weighted by atomic mass is 10.0. The fraction of sp³-hybridized carbons (Fsp3) is 0.405. The maximum Gasteiger partial charge on any atom is 0.338 e. The maximum atomic E-state index is 13.7. The molecule has 3 N–H and O–H groups in total. The molecule has 0 saturated heterocycles. The Bertz CT molecular complexity index is 1460. The first-order chi connectivity index (χ1) is 22.3. The smallest absolute Gasteiger partial charge is 0.338 e. The van der Waals surface area contributed by atoms with Gasteiger partial charge in [0.2, 0.25) is 0 Å². The van der Waals surface area contributed by atoms with Crippen LogP contribution in [0.25, 0.3) is 0 Å². The van der Waals surface area contributed by atoms with Crippen LogP contribution in [0.2, 0.25) is 5.02 Å². The van der Waals surface area contributed by atoms with Gasteiger partial charge < -0.3 is 25.5 Å². The predicted octanol–water partition coefficient (Wildman–Crippen LogP) is 9.03. The molecule has 0 bridgehead atoms. The monoisotopic (exact) mass is 647 g/mol. The number of nitrogens with one attached hydrogen (secondary N) is 3. The molecule has 1 unspecified atom stereocenters. The number of aryl methyl sites for hydroxylation is 1. The molecular formula is C37H46ClN3O5. The van der Waals surface area contributed by atoms with Gasteiger partial charge >= 0.3 is 5.97 Å². The number of methoxy groups -OCH3 is 1. The number of ether oxygens (including phenoxy) is 2. The number of hydrogen-bond acceptors (Lipinski definition) is 7. The van der Waals surface area contributed by atoms with Gasteiger partial charge in [-0.05, 0) is 67.4 Å². The molecule has 3 rings (SSSR count). The first-order valence-corrected chi connectivity index (χ1v) is 16.5. The van der Waals surface area contributed by atoms with E-state index in [4.69, 9.17) is 26.5 Å². The zero-order valence-electron chi connectivity index (χ0n) is 27.1. The number of carbonyl (C=O) groups is 3. The number of amides is 1. The van der Waals surface area contributed by atoms with Crippen LogP contribution in [0.15, 0.2) is 60.7 Å². The topological polar surface area (TPSA) is 118 Å². The second kappa shape index (κ2) is 19.4. The van der Waals surface area contributed by atoms with Crippen molar-refractivity contribution in [1.82, 2.24) is 0 Å². The van der Waals surface area contributed by atoms with Crippen molar-refractivity contribution in [1.29, 1.82) is 5.41 Å². The van der Waals surface area contributed by atoms with E-state index in [1.165, 1.54) is 64.2 Å². The van der Waals surface area contributed by atoms with Gasteiger partial charge in [0.1, 0.15) is 5.75 Å². The summed E-state index contributed by atoms with van der Waals surface area (Å²) >= 11 is 6.41. The van der Waals surface area contributed by atoms with E-state index in [-0.39, 0.29) is 21.8 Å². The summed E-state index contributed by atoms with van der Waals surface area (Å²) in [4.78, 5) is 40.2. The molecular weight excluding hydrogens is 602 g/mol. The summed E-state index contributed by atoms with van der Waals surface area (Å²) in [6.45, 7) is 4.41. The first kappa shape index (κ1) is 36.3. The molecule has 0 aliphatic heterocycles. The van der Waals surface area contributed by atoms with Crippen LogP contribution < -0.4 is 15.4 Å². The van der Waals surface area contributed by atoms with Crippen molar-refractivity contribution in [3.63, 3.8) is 0 Å². The Kier molecular flexibility index (Phi) is 15.3. The molecule has 3 aromatic carbocycles. The van der Waals surface area contributed by atoms with Crippen molar-refractivity contribution in [2.24, 2.45) is 0 Å². The van der Waals surface area contributed by atoms with Gasteiger partial charge in [0.05, 0.1) is 30.0 Å². The van der Waals surface area contributed by atoms with Gasteiger partial charge in [-0.1, -0.05) is 88.4 Å². The number of anilines is 2. The molecule has 3 aromatic rings. The number of ketones is 1. The van der Waals surface area contributed by atoms with Gasteiger partial charge in [-0.3, -0.25) is 9.59 Å². The van der Waals surface area contributed by atoms with E-state index in [0.29, 0.717) is 23.6 Å². The van der Waals surface area contributed by atoms with Gasteiger partial charge in [-0.25, -0.2) is 4.79 Å². The molecule has 46 heavy (non-hydrogen) atoms. The minimum atomic E-state index is -1.38. The average Bonchev–Trinajstić information content (AvgIpc) is 3.06. The lowest BCUT2D eigenvalue weighted by Gasteiger charge is -2.21. The molecule has 1 atom stereocenters. The molecule has 9 heteroatoms. The quantitative estimate of drug-likeness (QED) is 0.0370. The van der Waals surface area contributed by atoms with Crippen molar-refractivity contribution in [2.45, 2.75) is 84.1 Å². The summed E-state index contributed by atoms with van der Waals surface area (Å²) in [5.74, 6) is -1.13. The van der Waals surface area contributed by atoms with E-state index < -0.39 is 23.7 Å². The fourth-order valence-electron chi connectivity index (χ4n) is 5.04. The highest BCUT2D eigenvalue weighted by molar-refractivity contribution is 6.34. The number of benzene rings is 3. The fourth-order valence-corrected chi connectivity index (χ4v) is 5.20. The number of rotatable bonds is 20. The summed E-state index contributed by atoms with van der Waals surface area (Å²) in [6, 6.07) is 14.9. The number of hydrogen-bond donors (Lipinski definition) is 3. The summed E-state index contributed by atoms with van der Waals surface area (Å²) in [5, 5.41) is 13.7. The standard InChI is InChI=1S/C37H46ClN3O5/c1-4-5-6-7-8-9-10-11-12-13-22-46-37(44)28-18-21-31(38)33(24-28)41-36(43)34(35(42)27-16-19-30(45-3)20-17-27)40-32-23-26(2)14-15-29(32)25-39/h14-21,23-25,34,39-40H,4-13,22H2,1-3H3,(H,41,43). The van der Waals surface area contributed by atoms with Gasteiger partial charge in [-0.15, -0.1) is 0 Å². The molecule has 1 amide bonds. The van der Waals surface area contributed by atoms with Gasteiger partial charge in [0.25, 0.3) is 5.91 Å². The summed E-state index contributed by atoms with van der Waals surface area (Å²) in [5.41, 5.74) is 2.54. The molecule has 0 spiro atoms. The highest BCUT2D eigenvalue weighted by atomic mass is 35.5. The minimum absolute atomic E-state index is 0.172. The van der Waals surface area contributed by atoms with E-state index in [1.807, 2.05) is 13.0 Å². The third-order valence-electron chi connectivity index (χ3n) is 7.75. The van der Waals surface area contributed by atoms with Crippen LogP contribution in [-0.2, 0) is 9.53 Å². The molecule has 0 aliphatic rings. The number of carbonyl (C=O) groups excluding carboxylic acids is 3. The number of halogens is 1. The Hall–Kier alpha value is -4.17. The zero-order valence-corrected chi connectivity index (χ0v) is 27.9. The summed E-state index contributed by atoms with van der Waals surface area (Å²) in [6.07, 6.45) is 13.0. The Balaban J connectivity index is 1.66. The molecule has 0 aromatic heterocycles. The van der Waals surface area contributed by atoms with E-state index in [0.717, 1.165) is 31.0 Å². The van der Waals surface area contributed by atoms with Crippen LogP contribution in [-0.4, -0.2) is 43.6 Å². The third kappa shape index (κ3) is 11.3. The van der Waals surface area contributed by atoms with Crippen LogP contribution in [0.3, 0.4) is 0 Å². The van der Waals surface area contributed by atoms with Crippen molar-refractivity contribution in [2.75, 3.05) is 24.4 Å². The number of esters is 1. The second-order valence-corrected chi connectivity index (χ2v) is 11.8. The zero-order chi connectivity index (χ0) is 33.3. The van der Waals surface area contributed by atoms with Crippen LogP contribution >= 0.6 is 11.6 Å². The normalized spacial score (nSPS) is 11.4. The van der Waals surface area contributed by atoms with Crippen molar-refractivity contribution < 1.29 is 23.9 Å². The van der Waals surface area contributed by atoms with Crippen molar-refractivity contribution >= 4 is 46.9 Å². The van der Waals surface area contributed by atoms with Gasteiger partial charge in [0, 0.05) is 23.0 Å². The molecule has 0 heterocycles. The van der Waals surface area contributed by atoms with E-state index in [9.17, 15) is 14.4 Å². The molecule has 0 radical (unpaired) electrons. The first-order valence-electron chi connectivity index (χ1n) is 16.1. The van der Waals surface area contributed by atoms with Crippen molar-refractivity contribution in [3.05, 3.63) is 87.9 Å². The Morgan fingerprint density at radius 3 is 2.09 bits per heavy atom. The van der Waals surface area contributed by atoms with Crippen LogP contribution in [0.5, 0.6) is 5.75 Å². The van der Waals surface area contributed by atoms with E-state index in [2.05, 4.69) is 17.6 Å². The highest BCUT2D eigenvalue weighted by Crippen LogP contribution is 2.26. The lowest BCUT2D eigenvalue weighted by Crippen LogP contribution is -2.41. The van der Waals surface area contributed by atoms with Crippen LogP contribution in [0, 0.1) is 12.3 Å². The minimum Gasteiger partial charge on any atom is -0.497 e. The average molecular weight is 648 g/mol.